The zero-order valence-electron chi connectivity index (χ0n) is 10.5. The number of ether oxygens (including phenoxy) is 1. The Balaban J connectivity index is 1.86. The first-order chi connectivity index (χ1) is 9.20. The minimum absolute atomic E-state index is 0.270. The largest absolute Gasteiger partial charge is 0.453 e. The van der Waals surface area contributed by atoms with E-state index in [4.69, 9.17) is 12.2 Å². The van der Waals surface area contributed by atoms with Crippen LogP contribution in [0.1, 0.15) is 5.56 Å². The van der Waals surface area contributed by atoms with Crippen LogP contribution >= 0.6 is 12.2 Å². The van der Waals surface area contributed by atoms with Gasteiger partial charge in [-0.1, -0.05) is 18.2 Å². The summed E-state index contributed by atoms with van der Waals surface area (Å²) in [6, 6.07) is 8.12. The number of alkyl carbamates (subject to hydrolysis) is 1. The molecule has 0 spiro atoms. The predicted molar refractivity (Wildman–Crippen MR) is 78.1 cm³/mol. The molecule has 0 atom stereocenters. The minimum Gasteiger partial charge on any atom is -0.453 e. The normalized spacial score (nSPS) is 10.2. The molecule has 1 heterocycles. The fourth-order valence-corrected chi connectivity index (χ4v) is 2.02. The van der Waals surface area contributed by atoms with Crippen molar-refractivity contribution in [2.24, 2.45) is 0 Å². The number of aromatic nitrogens is 1. The van der Waals surface area contributed by atoms with Crippen molar-refractivity contribution in [2.45, 2.75) is 6.42 Å². The fraction of sp³-hybridized carbons (Fsp3) is 0.231. The van der Waals surface area contributed by atoms with Crippen LogP contribution in [0.5, 0.6) is 0 Å². The Labute approximate surface area is 116 Å². The van der Waals surface area contributed by atoms with E-state index < -0.39 is 6.09 Å². The third-order valence-electron chi connectivity index (χ3n) is 2.76. The van der Waals surface area contributed by atoms with Gasteiger partial charge in [-0.05, 0) is 30.3 Å². The Morgan fingerprint density at radius 3 is 3.00 bits per heavy atom. The number of fused-ring (bicyclic) bond motifs is 1. The Morgan fingerprint density at radius 1 is 1.42 bits per heavy atom. The van der Waals surface area contributed by atoms with Crippen LogP contribution in [0.2, 0.25) is 0 Å². The summed E-state index contributed by atoms with van der Waals surface area (Å²) >= 11 is 4.96. The molecule has 0 aliphatic carbocycles. The van der Waals surface area contributed by atoms with E-state index in [1.165, 1.54) is 18.1 Å². The number of para-hydroxylation sites is 1. The second-order valence-electron chi connectivity index (χ2n) is 3.98. The van der Waals surface area contributed by atoms with Crippen LogP contribution in [0.15, 0.2) is 30.5 Å². The molecule has 2 rings (SSSR count). The second-order valence-corrected chi connectivity index (χ2v) is 4.39. The number of carbonyl (C=O) groups excluding carboxylic acids is 1. The zero-order chi connectivity index (χ0) is 13.7. The molecule has 0 aliphatic heterocycles. The number of H-pyrrole nitrogens is 1. The van der Waals surface area contributed by atoms with Crippen molar-refractivity contribution in [1.29, 1.82) is 0 Å². The van der Waals surface area contributed by atoms with E-state index in [0.29, 0.717) is 6.54 Å². The number of rotatable bonds is 3. The highest BCUT2D eigenvalue weighted by molar-refractivity contribution is 7.80. The van der Waals surface area contributed by atoms with Crippen molar-refractivity contribution in [2.75, 3.05) is 13.7 Å². The Bertz CT molecular complexity index is 594. The van der Waals surface area contributed by atoms with Gasteiger partial charge in [-0.15, -0.1) is 0 Å². The SMILES string of the molecule is COC(=O)NC(=S)NCCc1c[nH]c2ccccc12. The van der Waals surface area contributed by atoms with Gasteiger partial charge in [0.1, 0.15) is 0 Å². The van der Waals surface area contributed by atoms with Crippen molar-refractivity contribution in [3.63, 3.8) is 0 Å². The highest BCUT2D eigenvalue weighted by Crippen LogP contribution is 2.17. The maximum absolute atomic E-state index is 10.9. The third kappa shape index (κ3) is 3.45. The summed E-state index contributed by atoms with van der Waals surface area (Å²) in [5.74, 6) is 0. The quantitative estimate of drug-likeness (QED) is 0.750. The molecule has 6 heteroatoms. The van der Waals surface area contributed by atoms with E-state index >= 15 is 0 Å². The van der Waals surface area contributed by atoms with Gasteiger partial charge in [-0.3, -0.25) is 5.32 Å². The van der Waals surface area contributed by atoms with E-state index in [1.807, 2.05) is 24.4 Å². The van der Waals surface area contributed by atoms with Crippen molar-refractivity contribution < 1.29 is 9.53 Å². The lowest BCUT2D eigenvalue weighted by Crippen LogP contribution is -2.39. The Kier molecular flexibility index (Phi) is 4.35. The molecule has 1 aromatic heterocycles. The minimum atomic E-state index is -0.565. The molecule has 1 amide bonds. The van der Waals surface area contributed by atoms with Crippen LogP contribution in [0, 0.1) is 0 Å². The molecule has 5 nitrogen and oxygen atoms in total. The average molecular weight is 277 g/mol. The van der Waals surface area contributed by atoms with Crippen molar-refractivity contribution >= 4 is 34.3 Å². The van der Waals surface area contributed by atoms with Crippen molar-refractivity contribution in [3.8, 4) is 0 Å². The number of hydrogen-bond acceptors (Lipinski definition) is 3. The number of benzene rings is 1. The van der Waals surface area contributed by atoms with Crippen LogP contribution in [-0.4, -0.2) is 29.8 Å². The van der Waals surface area contributed by atoms with Gasteiger partial charge in [0, 0.05) is 23.6 Å². The smallest absolute Gasteiger partial charge is 0.413 e. The fourth-order valence-electron chi connectivity index (χ4n) is 1.84. The number of methoxy groups -OCH3 is 1. The molecule has 1 aromatic carbocycles. The van der Waals surface area contributed by atoms with Crippen LogP contribution < -0.4 is 10.6 Å². The zero-order valence-corrected chi connectivity index (χ0v) is 11.3. The number of nitrogens with one attached hydrogen (secondary N) is 3. The first-order valence-electron chi connectivity index (χ1n) is 5.88. The van der Waals surface area contributed by atoms with Crippen LogP contribution in [0.25, 0.3) is 10.9 Å². The van der Waals surface area contributed by atoms with E-state index in [0.717, 1.165) is 11.9 Å². The molecule has 0 unspecified atom stereocenters. The lowest BCUT2D eigenvalue weighted by molar-refractivity contribution is 0.176. The maximum atomic E-state index is 10.9. The number of carbonyl (C=O) groups is 1. The summed E-state index contributed by atoms with van der Waals surface area (Å²) in [5.41, 5.74) is 2.33. The monoisotopic (exact) mass is 277 g/mol. The lowest BCUT2D eigenvalue weighted by Gasteiger charge is -2.07. The third-order valence-corrected chi connectivity index (χ3v) is 3.00. The molecule has 0 saturated carbocycles. The molecule has 0 saturated heterocycles. The summed E-state index contributed by atoms with van der Waals surface area (Å²) in [6.45, 7) is 0.644. The topological polar surface area (TPSA) is 66.2 Å². The summed E-state index contributed by atoms with van der Waals surface area (Å²) in [6.07, 6.45) is 2.24. The maximum Gasteiger partial charge on any atom is 0.413 e. The Morgan fingerprint density at radius 2 is 2.21 bits per heavy atom. The summed E-state index contributed by atoms with van der Waals surface area (Å²) in [7, 11) is 1.30. The average Bonchev–Trinajstić information content (AvgIpc) is 2.82. The number of amides is 1. The highest BCUT2D eigenvalue weighted by Gasteiger charge is 2.04. The summed E-state index contributed by atoms with van der Waals surface area (Å²) < 4.78 is 4.45. The number of hydrogen-bond donors (Lipinski definition) is 3. The second kappa shape index (κ2) is 6.19. The van der Waals surface area contributed by atoms with Crippen LogP contribution in [0.3, 0.4) is 0 Å². The van der Waals surface area contributed by atoms with Crippen molar-refractivity contribution in [3.05, 3.63) is 36.0 Å². The van der Waals surface area contributed by atoms with Crippen molar-refractivity contribution in [1.82, 2.24) is 15.6 Å². The standard InChI is InChI=1S/C13H15N3O2S/c1-18-13(17)16-12(19)14-7-6-9-8-15-11-5-3-2-4-10(9)11/h2-5,8,15H,6-7H2,1H3,(H2,14,16,17,19). The van der Waals surface area contributed by atoms with Gasteiger partial charge in [0.05, 0.1) is 7.11 Å². The molecular weight excluding hydrogens is 262 g/mol. The van der Waals surface area contributed by atoms with Gasteiger partial charge in [-0.25, -0.2) is 4.79 Å². The lowest BCUT2D eigenvalue weighted by atomic mass is 10.1. The molecule has 3 N–H and O–H groups in total. The molecule has 19 heavy (non-hydrogen) atoms. The van der Waals surface area contributed by atoms with Crippen LogP contribution in [-0.2, 0) is 11.2 Å². The summed E-state index contributed by atoms with van der Waals surface area (Å²) in [5, 5.41) is 6.83. The number of thiocarbonyl (C=S) groups is 1. The number of aromatic amines is 1. The van der Waals surface area contributed by atoms with Gasteiger partial charge >= 0.3 is 6.09 Å². The van der Waals surface area contributed by atoms with E-state index in [1.54, 1.807) is 0 Å². The van der Waals surface area contributed by atoms with Gasteiger partial charge in [0.2, 0.25) is 0 Å². The van der Waals surface area contributed by atoms with Gasteiger partial charge < -0.3 is 15.0 Å². The van der Waals surface area contributed by atoms with Crippen LogP contribution in [0.4, 0.5) is 4.79 Å². The molecule has 2 aromatic rings. The summed E-state index contributed by atoms with van der Waals surface area (Å²) in [4.78, 5) is 14.1. The molecular formula is C13H15N3O2S. The van der Waals surface area contributed by atoms with E-state index in [-0.39, 0.29) is 5.11 Å². The molecule has 0 aliphatic rings. The Hall–Kier alpha value is -2.08. The molecule has 0 bridgehead atoms. The van der Waals surface area contributed by atoms with Gasteiger partial charge in [0.15, 0.2) is 5.11 Å². The highest BCUT2D eigenvalue weighted by atomic mass is 32.1. The van der Waals surface area contributed by atoms with E-state index in [9.17, 15) is 4.79 Å². The predicted octanol–water partition coefficient (Wildman–Crippen LogP) is 1.94. The first kappa shape index (κ1) is 13.4. The van der Waals surface area contributed by atoms with Gasteiger partial charge in [0.25, 0.3) is 0 Å². The van der Waals surface area contributed by atoms with E-state index in [2.05, 4.69) is 26.4 Å². The molecule has 100 valence electrons. The van der Waals surface area contributed by atoms with Gasteiger partial charge in [-0.2, -0.15) is 0 Å². The molecule has 0 fully saturated rings. The molecule has 0 radical (unpaired) electrons. The first-order valence-corrected chi connectivity index (χ1v) is 6.29.